The quantitative estimate of drug-likeness (QED) is 0.705. The molecule has 28 heavy (non-hydrogen) atoms. The summed E-state index contributed by atoms with van der Waals surface area (Å²) in [4.78, 5) is 13.4. The van der Waals surface area contributed by atoms with Gasteiger partial charge in [-0.05, 0) is 49.2 Å². The summed E-state index contributed by atoms with van der Waals surface area (Å²) in [6.07, 6.45) is 0.557. The van der Waals surface area contributed by atoms with E-state index in [9.17, 15) is 13.2 Å². The summed E-state index contributed by atoms with van der Waals surface area (Å²) in [5, 5.41) is 2.58. The molecule has 0 saturated carbocycles. The summed E-state index contributed by atoms with van der Waals surface area (Å²) >= 11 is 0. The van der Waals surface area contributed by atoms with Crippen LogP contribution in [0.15, 0.2) is 47.4 Å². The van der Waals surface area contributed by atoms with E-state index in [1.807, 2.05) is 50.2 Å². The summed E-state index contributed by atoms with van der Waals surface area (Å²) in [7, 11) is 1.64. The van der Waals surface area contributed by atoms with Crippen LogP contribution in [-0.2, 0) is 21.2 Å². The first kappa shape index (κ1) is 21.7. The third-order valence-corrected chi connectivity index (χ3v) is 5.73. The number of rotatable bonds is 8. The molecule has 7 nitrogen and oxygen atoms in total. The maximum absolute atomic E-state index is 12.7. The van der Waals surface area contributed by atoms with Crippen molar-refractivity contribution in [1.82, 2.24) is 4.72 Å². The summed E-state index contributed by atoms with van der Waals surface area (Å²) in [6, 6.07) is 12.0. The molecule has 0 fully saturated rings. The molecule has 0 aliphatic rings. The Labute approximate surface area is 166 Å². The molecule has 2 N–H and O–H groups in total. The van der Waals surface area contributed by atoms with Crippen molar-refractivity contribution in [2.45, 2.75) is 31.2 Å². The van der Waals surface area contributed by atoms with E-state index in [-0.39, 0.29) is 16.8 Å². The molecular formula is C20H27N3O4S. The van der Waals surface area contributed by atoms with Crippen molar-refractivity contribution >= 4 is 27.3 Å². The summed E-state index contributed by atoms with van der Waals surface area (Å²) in [5.74, 6) is 0.0820. The van der Waals surface area contributed by atoms with E-state index in [2.05, 4.69) is 10.0 Å². The minimum atomic E-state index is -3.75. The molecule has 152 valence electrons. The Morgan fingerprint density at radius 3 is 2.32 bits per heavy atom. The highest BCUT2D eigenvalue weighted by Gasteiger charge is 2.20. The number of benzene rings is 2. The van der Waals surface area contributed by atoms with Crippen molar-refractivity contribution in [3.8, 4) is 5.75 Å². The number of amides is 1. The first-order chi connectivity index (χ1) is 13.1. The highest BCUT2D eigenvalue weighted by atomic mass is 32.2. The Morgan fingerprint density at radius 2 is 1.79 bits per heavy atom. The van der Waals surface area contributed by atoms with Crippen molar-refractivity contribution in [1.29, 1.82) is 0 Å². The molecule has 0 spiro atoms. The Kier molecular flexibility index (Phi) is 7.04. The number of carbonyl (C=O) groups is 1. The third-order valence-electron chi connectivity index (χ3n) is 4.14. The normalized spacial score (nSPS) is 12.3. The lowest BCUT2D eigenvalue weighted by molar-refractivity contribution is -0.114. The highest BCUT2D eigenvalue weighted by molar-refractivity contribution is 7.89. The Morgan fingerprint density at radius 1 is 1.14 bits per heavy atom. The van der Waals surface area contributed by atoms with Gasteiger partial charge >= 0.3 is 0 Å². The van der Waals surface area contributed by atoms with Crippen LogP contribution < -0.4 is 19.7 Å². The predicted octanol–water partition coefficient (Wildman–Crippen LogP) is 2.63. The van der Waals surface area contributed by atoms with E-state index < -0.39 is 10.0 Å². The van der Waals surface area contributed by atoms with E-state index in [4.69, 9.17) is 4.74 Å². The molecule has 2 aromatic carbocycles. The highest BCUT2D eigenvalue weighted by Crippen LogP contribution is 2.27. The first-order valence-electron chi connectivity index (χ1n) is 8.86. The lowest BCUT2D eigenvalue weighted by Crippen LogP contribution is -2.34. The van der Waals surface area contributed by atoms with E-state index in [1.165, 1.54) is 32.2 Å². The van der Waals surface area contributed by atoms with Gasteiger partial charge in [0.25, 0.3) is 0 Å². The fraction of sp³-hybridized carbons (Fsp3) is 0.350. The molecule has 2 rings (SSSR count). The molecule has 2 aromatic rings. The summed E-state index contributed by atoms with van der Waals surface area (Å²) < 4.78 is 33.3. The number of carbonyl (C=O) groups excluding carboxylic acids is 1. The van der Waals surface area contributed by atoms with Gasteiger partial charge < -0.3 is 15.0 Å². The monoisotopic (exact) mass is 405 g/mol. The zero-order valence-electron chi connectivity index (χ0n) is 16.8. The van der Waals surface area contributed by atoms with E-state index in [0.29, 0.717) is 17.9 Å². The second-order valence-corrected chi connectivity index (χ2v) is 8.54. The van der Waals surface area contributed by atoms with E-state index in [0.717, 1.165) is 11.3 Å². The van der Waals surface area contributed by atoms with Crippen LogP contribution in [0.2, 0.25) is 0 Å². The molecule has 0 bridgehead atoms. The standard InChI is InChI=1S/C20H27N3O4S/c1-14(12-16-6-8-17(9-7-16)23(3)4)22-28(25,26)18-10-11-20(27-5)19(13-18)21-15(2)24/h6-11,13-14,22H,12H2,1-5H3,(H,21,24)/t14-/m1/s1. The van der Waals surface area contributed by atoms with Gasteiger partial charge in [0, 0.05) is 32.7 Å². The molecule has 0 aromatic heterocycles. The molecule has 1 atom stereocenters. The van der Waals surface area contributed by atoms with Crippen molar-refractivity contribution in [3.05, 3.63) is 48.0 Å². The van der Waals surface area contributed by atoms with Crippen molar-refractivity contribution in [2.24, 2.45) is 0 Å². The minimum Gasteiger partial charge on any atom is -0.495 e. The maximum atomic E-state index is 12.7. The molecule has 0 radical (unpaired) electrons. The average Bonchev–Trinajstić information content (AvgIpc) is 2.61. The van der Waals surface area contributed by atoms with Gasteiger partial charge in [0.05, 0.1) is 17.7 Å². The minimum absolute atomic E-state index is 0.0619. The maximum Gasteiger partial charge on any atom is 0.240 e. The molecule has 0 aliphatic heterocycles. The van der Waals surface area contributed by atoms with E-state index >= 15 is 0 Å². The van der Waals surface area contributed by atoms with Crippen molar-refractivity contribution < 1.29 is 17.9 Å². The molecule has 1 amide bonds. The van der Waals surface area contributed by atoms with Crippen LogP contribution >= 0.6 is 0 Å². The Bertz CT molecular complexity index is 925. The Balaban J connectivity index is 2.14. The average molecular weight is 406 g/mol. The van der Waals surface area contributed by atoms with Crippen LogP contribution in [-0.4, -0.2) is 41.6 Å². The Hall–Kier alpha value is -2.58. The number of anilines is 2. The smallest absolute Gasteiger partial charge is 0.240 e. The van der Waals surface area contributed by atoms with Gasteiger partial charge in [0.15, 0.2) is 0 Å². The van der Waals surface area contributed by atoms with Crippen LogP contribution in [0.5, 0.6) is 5.75 Å². The fourth-order valence-electron chi connectivity index (χ4n) is 2.80. The molecule has 0 heterocycles. The molecule has 0 saturated heterocycles. The molecule has 8 heteroatoms. The van der Waals surface area contributed by atoms with Gasteiger partial charge in [-0.2, -0.15) is 0 Å². The zero-order chi connectivity index (χ0) is 20.9. The van der Waals surface area contributed by atoms with Gasteiger partial charge in [-0.25, -0.2) is 13.1 Å². The number of methoxy groups -OCH3 is 1. The number of sulfonamides is 1. The number of hydrogen-bond acceptors (Lipinski definition) is 5. The molecular weight excluding hydrogens is 378 g/mol. The lowest BCUT2D eigenvalue weighted by atomic mass is 10.1. The van der Waals surface area contributed by atoms with Crippen molar-refractivity contribution in [3.63, 3.8) is 0 Å². The van der Waals surface area contributed by atoms with Gasteiger partial charge in [-0.15, -0.1) is 0 Å². The lowest BCUT2D eigenvalue weighted by Gasteiger charge is -2.17. The number of nitrogens with one attached hydrogen (secondary N) is 2. The van der Waals surface area contributed by atoms with Crippen molar-refractivity contribution in [2.75, 3.05) is 31.4 Å². The second-order valence-electron chi connectivity index (χ2n) is 6.83. The second kappa shape index (κ2) is 9.07. The SMILES string of the molecule is COc1ccc(S(=O)(=O)N[C@H](C)Cc2ccc(N(C)C)cc2)cc1NC(C)=O. The van der Waals surface area contributed by atoms with Crippen LogP contribution in [0, 0.1) is 0 Å². The molecule has 0 unspecified atom stereocenters. The topological polar surface area (TPSA) is 87.7 Å². The number of nitrogens with zero attached hydrogens (tertiary/aromatic N) is 1. The number of hydrogen-bond donors (Lipinski definition) is 2. The largest absolute Gasteiger partial charge is 0.495 e. The van der Waals surface area contributed by atoms with Gasteiger partial charge in [0.1, 0.15) is 5.75 Å². The van der Waals surface area contributed by atoms with Crippen LogP contribution in [0.3, 0.4) is 0 Å². The van der Waals surface area contributed by atoms with Gasteiger partial charge in [0.2, 0.25) is 15.9 Å². The zero-order valence-corrected chi connectivity index (χ0v) is 17.6. The summed E-state index contributed by atoms with van der Waals surface area (Å²) in [5.41, 5.74) is 2.43. The predicted molar refractivity (Wildman–Crippen MR) is 112 cm³/mol. The fourth-order valence-corrected chi connectivity index (χ4v) is 4.07. The van der Waals surface area contributed by atoms with Crippen LogP contribution in [0.1, 0.15) is 19.4 Å². The van der Waals surface area contributed by atoms with Crippen LogP contribution in [0.25, 0.3) is 0 Å². The van der Waals surface area contributed by atoms with Crippen LogP contribution in [0.4, 0.5) is 11.4 Å². The first-order valence-corrected chi connectivity index (χ1v) is 10.3. The van der Waals surface area contributed by atoms with E-state index in [1.54, 1.807) is 0 Å². The van der Waals surface area contributed by atoms with Gasteiger partial charge in [-0.3, -0.25) is 4.79 Å². The van der Waals surface area contributed by atoms with Gasteiger partial charge in [-0.1, -0.05) is 12.1 Å². The molecule has 0 aliphatic carbocycles. The summed E-state index contributed by atoms with van der Waals surface area (Å²) in [6.45, 7) is 3.16. The number of ether oxygens (including phenoxy) is 1. The third kappa shape index (κ3) is 5.71.